The number of pyridine rings is 3. The van der Waals surface area contributed by atoms with Gasteiger partial charge in [0.15, 0.2) is 5.56 Å². The van der Waals surface area contributed by atoms with Crippen molar-refractivity contribution in [2.75, 3.05) is 27.3 Å². The van der Waals surface area contributed by atoms with Crippen LogP contribution in [0.3, 0.4) is 0 Å². The largest absolute Gasteiger partial charge is 0.381 e. The summed E-state index contributed by atoms with van der Waals surface area (Å²) in [5, 5.41) is 58.3. The molecule has 0 amide bonds. The summed E-state index contributed by atoms with van der Waals surface area (Å²) in [4.78, 5) is 62.7. The van der Waals surface area contributed by atoms with E-state index in [-0.39, 0.29) is 28.2 Å². The molecule has 1 fully saturated rings. The Balaban J connectivity index is 0.000000230. The first kappa shape index (κ1) is 36.6. The number of rotatable bonds is 7. The van der Waals surface area contributed by atoms with E-state index >= 15 is 0 Å². The fourth-order valence-corrected chi connectivity index (χ4v) is 3.54. The number of H-pyrrole nitrogens is 1. The molecule has 0 unspecified atom stereocenters. The second-order valence-corrected chi connectivity index (χ2v) is 9.19. The molecule has 0 bridgehead atoms. The van der Waals surface area contributed by atoms with Gasteiger partial charge in [-0.15, -0.1) is 0 Å². The molecule has 1 aliphatic heterocycles. The molecule has 22 nitrogen and oxygen atoms in total. The summed E-state index contributed by atoms with van der Waals surface area (Å²) in [5.74, 6) is 0. The van der Waals surface area contributed by atoms with Gasteiger partial charge in [0, 0.05) is 33.5 Å². The third kappa shape index (κ3) is 10.8. The molecule has 0 saturated carbocycles. The van der Waals surface area contributed by atoms with Crippen LogP contribution in [-0.4, -0.2) is 83.1 Å². The molecule has 47 heavy (non-hydrogen) atoms. The Kier molecular flexibility index (Phi) is 13.7. The number of aromatic amines is 1. The first-order chi connectivity index (χ1) is 22.3. The summed E-state index contributed by atoms with van der Waals surface area (Å²) in [5.41, 5.74) is -1.02. The number of nitro groups is 5. The van der Waals surface area contributed by atoms with Gasteiger partial charge in [-0.05, 0) is 25.8 Å². The number of hydrogen-bond donors (Lipinski definition) is 1. The van der Waals surface area contributed by atoms with Crippen molar-refractivity contribution >= 4 is 45.6 Å². The van der Waals surface area contributed by atoms with Crippen molar-refractivity contribution in [2.24, 2.45) is 5.10 Å². The molecule has 1 N–H and O–H groups in total. The molecule has 5 rings (SSSR count). The Morgan fingerprint density at radius 2 is 1.15 bits per heavy atom. The highest BCUT2D eigenvalue weighted by molar-refractivity contribution is 5.90. The highest BCUT2D eigenvalue weighted by atomic mass is 16.6. The number of aromatic nitrogens is 4. The van der Waals surface area contributed by atoms with Gasteiger partial charge in [-0.2, -0.15) is 5.10 Å². The smallest absolute Gasteiger partial charge is 0.303 e. The fraction of sp³-hybridized carbons (Fsp3) is 0.280. The van der Waals surface area contributed by atoms with Crippen LogP contribution >= 0.6 is 0 Å². The summed E-state index contributed by atoms with van der Waals surface area (Å²) in [7, 11) is 3.19. The van der Waals surface area contributed by atoms with Crippen LogP contribution in [0.25, 0.3) is 10.9 Å². The minimum atomic E-state index is -0.739. The Labute approximate surface area is 263 Å². The van der Waals surface area contributed by atoms with Gasteiger partial charge in [-0.25, -0.2) is 0 Å². The number of fused-ring (bicyclic) bond motifs is 1. The van der Waals surface area contributed by atoms with Crippen LogP contribution in [0.1, 0.15) is 24.0 Å². The Morgan fingerprint density at radius 1 is 0.723 bits per heavy atom. The van der Waals surface area contributed by atoms with Crippen LogP contribution in [0.4, 0.5) is 28.4 Å². The maximum Gasteiger partial charge on any atom is 0.303 e. The molecule has 1 saturated heterocycles. The average Bonchev–Trinajstić information content (AvgIpc) is 3.76. The van der Waals surface area contributed by atoms with E-state index in [9.17, 15) is 50.6 Å². The van der Waals surface area contributed by atoms with E-state index in [1.54, 1.807) is 32.6 Å². The van der Waals surface area contributed by atoms with Crippen LogP contribution in [0.15, 0.2) is 54.5 Å². The molecule has 22 heteroatoms. The van der Waals surface area contributed by atoms with E-state index in [0.717, 1.165) is 44.2 Å². The Hall–Kier alpha value is -6.58. The van der Waals surface area contributed by atoms with Gasteiger partial charge in [-0.3, -0.25) is 65.5 Å². The number of hydrogen-bond acceptors (Lipinski definition) is 16. The van der Waals surface area contributed by atoms with E-state index in [4.69, 9.17) is 4.74 Å². The monoisotopic (exact) mass is 657 g/mol. The van der Waals surface area contributed by atoms with E-state index < -0.39 is 36.0 Å². The summed E-state index contributed by atoms with van der Waals surface area (Å²) < 4.78 is 4.94. The van der Waals surface area contributed by atoms with Crippen molar-refractivity contribution in [1.29, 1.82) is 0 Å². The van der Waals surface area contributed by atoms with Gasteiger partial charge in [0.05, 0.1) is 47.9 Å². The first-order valence-electron chi connectivity index (χ1n) is 13.1. The normalized spacial score (nSPS) is 11.6. The third-order valence-electron chi connectivity index (χ3n) is 5.79. The molecule has 4 aromatic heterocycles. The lowest BCUT2D eigenvalue weighted by molar-refractivity contribution is -0.395. The van der Waals surface area contributed by atoms with Gasteiger partial charge >= 0.3 is 11.4 Å². The van der Waals surface area contributed by atoms with Crippen LogP contribution in [0, 0.1) is 57.5 Å². The van der Waals surface area contributed by atoms with Crippen LogP contribution in [-0.2, 0) is 4.74 Å². The first-order valence-corrected chi connectivity index (χ1v) is 13.1. The van der Waals surface area contributed by atoms with Gasteiger partial charge in [0.2, 0.25) is 0 Å². The molecular formula is C25H27N11O11. The van der Waals surface area contributed by atoms with E-state index in [1.165, 1.54) is 31.0 Å². The quantitative estimate of drug-likeness (QED) is 0.165. The molecule has 5 heterocycles. The fourth-order valence-electron chi connectivity index (χ4n) is 3.54. The number of ether oxygens (including phenoxy) is 1. The van der Waals surface area contributed by atoms with Gasteiger partial charge < -0.3 is 14.7 Å². The second-order valence-electron chi connectivity index (χ2n) is 9.19. The Morgan fingerprint density at radius 3 is 1.55 bits per heavy atom. The van der Waals surface area contributed by atoms with Crippen molar-refractivity contribution in [3.05, 3.63) is 111 Å². The van der Waals surface area contributed by atoms with Gasteiger partial charge in [0.25, 0.3) is 17.1 Å². The predicted molar refractivity (Wildman–Crippen MR) is 164 cm³/mol. The van der Waals surface area contributed by atoms with Crippen molar-refractivity contribution < 1.29 is 29.4 Å². The Bertz CT molecular complexity index is 1700. The van der Waals surface area contributed by atoms with E-state index in [2.05, 4.69) is 25.0 Å². The maximum absolute atomic E-state index is 10.7. The average molecular weight is 658 g/mol. The lowest BCUT2D eigenvalue weighted by Crippen LogP contribution is -2.05. The summed E-state index contributed by atoms with van der Waals surface area (Å²) in [6.07, 6.45) is 12.0. The molecule has 4 aromatic rings. The van der Waals surface area contributed by atoms with Crippen LogP contribution in [0.5, 0.6) is 0 Å². The lowest BCUT2D eigenvalue weighted by atomic mass is 10.2. The SMILES string of the molecule is C1CCOC1.CN(C)/N=C/c1c([N+](=O)[O-])cncc1[N+](=O)[O-].Cc1c([N+](=O)[O-])cncc1[N+](=O)[O-].O=[N+]([O-])c1cncc2[nH]ccc12. The topological polar surface area (TPSA) is 295 Å². The summed E-state index contributed by atoms with van der Waals surface area (Å²) in [6, 6.07) is 1.66. The minimum absolute atomic E-state index is 0.0185. The molecule has 0 aliphatic carbocycles. The molecule has 0 spiro atoms. The molecule has 0 radical (unpaired) electrons. The van der Waals surface area contributed by atoms with Crippen LogP contribution in [0.2, 0.25) is 0 Å². The zero-order chi connectivity index (χ0) is 35.1. The summed E-state index contributed by atoms with van der Waals surface area (Å²) >= 11 is 0. The zero-order valence-electron chi connectivity index (χ0n) is 25.0. The summed E-state index contributed by atoms with van der Waals surface area (Å²) in [6.45, 7) is 3.32. The minimum Gasteiger partial charge on any atom is -0.381 e. The molecule has 0 atom stereocenters. The highest BCUT2D eigenvalue weighted by Gasteiger charge is 2.24. The maximum atomic E-state index is 10.7. The van der Waals surface area contributed by atoms with Crippen molar-refractivity contribution in [3.63, 3.8) is 0 Å². The molecule has 248 valence electrons. The second kappa shape index (κ2) is 17.6. The van der Waals surface area contributed by atoms with Crippen molar-refractivity contribution in [3.8, 4) is 0 Å². The van der Waals surface area contributed by atoms with E-state index in [0.29, 0.717) is 10.9 Å². The number of hydrazone groups is 1. The lowest BCUT2D eigenvalue weighted by Gasteiger charge is -2.03. The van der Waals surface area contributed by atoms with Crippen molar-refractivity contribution in [2.45, 2.75) is 19.8 Å². The third-order valence-corrected chi connectivity index (χ3v) is 5.79. The van der Waals surface area contributed by atoms with E-state index in [1.807, 2.05) is 0 Å². The molecule has 1 aliphatic rings. The predicted octanol–water partition coefficient (Wildman–Crippen LogP) is 4.27. The standard InChI is InChI=1S/C8H9N5O4.C7H5N3O2.C6H5N3O4.C4H8O/c1-11(2)10-3-6-7(12(14)15)4-9-5-8(6)13(16)17;11-10(12)7-4-8-3-6-5(7)1-2-9-6;1-4-5(8(10)11)2-7-3-6(4)9(12)13;1-2-4-5-3-1/h3-5H,1-2H3;1-4,9H;2-3H,1H3;1-4H2/b10-3+;;;. The van der Waals surface area contributed by atoms with Gasteiger partial charge in [-0.1, -0.05) is 0 Å². The molecule has 0 aromatic carbocycles. The van der Waals surface area contributed by atoms with Crippen molar-refractivity contribution in [1.82, 2.24) is 24.9 Å². The molecular weight excluding hydrogens is 630 g/mol. The highest BCUT2D eigenvalue weighted by Crippen LogP contribution is 2.26. The van der Waals surface area contributed by atoms with Crippen LogP contribution < -0.4 is 0 Å². The number of nitrogens with zero attached hydrogens (tertiary/aromatic N) is 10. The zero-order valence-corrected chi connectivity index (χ0v) is 25.0. The van der Waals surface area contributed by atoms with Gasteiger partial charge in [0.1, 0.15) is 36.5 Å². The number of nitrogens with one attached hydrogen (secondary N) is 1.